The van der Waals surface area contributed by atoms with E-state index in [1.165, 1.54) is 6.33 Å². The molecule has 0 bridgehead atoms. The van der Waals surface area contributed by atoms with Gasteiger partial charge in [-0.05, 0) is 6.42 Å². The van der Waals surface area contributed by atoms with Crippen molar-refractivity contribution in [3.05, 3.63) is 12.2 Å². The van der Waals surface area contributed by atoms with Crippen LogP contribution in [0.3, 0.4) is 0 Å². The molecule has 0 aliphatic heterocycles. The molecule has 7 heteroatoms. The Morgan fingerprint density at radius 3 is 3.07 bits per heavy atom. The summed E-state index contributed by atoms with van der Waals surface area (Å²) in [6.45, 7) is 2.52. The first-order chi connectivity index (χ1) is 7.35. The predicted molar refractivity (Wildman–Crippen MR) is 51.8 cm³/mol. The maximum Gasteiger partial charge on any atom is 0.239 e. The van der Waals surface area contributed by atoms with Crippen LogP contribution in [0, 0.1) is 0 Å². The highest BCUT2D eigenvalue weighted by Crippen LogP contribution is 2.18. The van der Waals surface area contributed by atoms with Crippen LogP contribution in [0.4, 0.5) is 0 Å². The van der Waals surface area contributed by atoms with Crippen LogP contribution in [0.2, 0.25) is 0 Å². The molecule has 0 aliphatic carbocycles. The molecule has 2 aromatic rings. The van der Waals surface area contributed by atoms with Crippen molar-refractivity contribution in [1.29, 1.82) is 0 Å². The van der Waals surface area contributed by atoms with Gasteiger partial charge in [-0.2, -0.15) is 10.1 Å². The maximum atomic E-state index is 5.58. The molecule has 80 valence electrons. The number of nitrogens with two attached hydrogens (primary N) is 1. The molecule has 0 amide bonds. The van der Waals surface area contributed by atoms with Crippen LogP contribution in [0.1, 0.15) is 25.2 Å². The topological polar surface area (TPSA) is 107 Å². The van der Waals surface area contributed by atoms with E-state index in [9.17, 15) is 0 Å². The minimum absolute atomic E-state index is 0.106. The van der Waals surface area contributed by atoms with Crippen molar-refractivity contribution in [2.24, 2.45) is 5.73 Å². The van der Waals surface area contributed by atoms with Crippen molar-refractivity contribution in [3.8, 4) is 11.6 Å². The summed E-state index contributed by atoms with van der Waals surface area (Å²) in [6, 6.07) is 0. The Labute approximate surface area is 86.1 Å². The second-order valence-electron chi connectivity index (χ2n) is 3.13. The van der Waals surface area contributed by atoms with Crippen LogP contribution in [0.15, 0.2) is 10.9 Å². The normalized spacial score (nSPS) is 12.9. The van der Waals surface area contributed by atoms with Gasteiger partial charge >= 0.3 is 0 Å². The summed E-state index contributed by atoms with van der Waals surface area (Å²) >= 11 is 0. The summed E-state index contributed by atoms with van der Waals surface area (Å²) in [7, 11) is 0. The molecule has 1 atom stereocenters. The van der Waals surface area contributed by atoms with Crippen molar-refractivity contribution in [2.45, 2.75) is 19.3 Å². The Morgan fingerprint density at radius 1 is 1.60 bits per heavy atom. The highest BCUT2D eigenvalue weighted by molar-refractivity contribution is 5.39. The first kappa shape index (κ1) is 9.78. The number of nitrogens with one attached hydrogen (secondary N) is 1. The van der Waals surface area contributed by atoms with Crippen LogP contribution in [-0.2, 0) is 0 Å². The smallest absolute Gasteiger partial charge is 0.239 e. The SMILES string of the molecule is CCC(CN)c1nc(-c2ncn[nH]2)no1. The number of hydrogen-bond acceptors (Lipinski definition) is 6. The summed E-state index contributed by atoms with van der Waals surface area (Å²) < 4.78 is 5.10. The molecule has 2 aromatic heterocycles. The largest absolute Gasteiger partial charge is 0.339 e. The van der Waals surface area contributed by atoms with Crippen molar-refractivity contribution in [1.82, 2.24) is 25.3 Å². The number of aromatic nitrogens is 5. The van der Waals surface area contributed by atoms with Gasteiger partial charge in [0.2, 0.25) is 11.7 Å². The van der Waals surface area contributed by atoms with Crippen LogP contribution in [0.25, 0.3) is 11.6 Å². The Hall–Kier alpha value is -1.76. The quantitative estimate of drug-likeness (QED) is 0.748. The molecule has 0 saturated carbocycles. The first-order valence-electron chi connectivity index (χ1n) is 4.74. The molecule has 3 N–H and O–H groups in total. The Morgan fingerprint density at radius 2 is 2.47 bits per heavy atom. The van der Waals surface area contributed by atoms with E-state index in [0.717, 1.165) is 6.42 Å². The fourth-order valence-corrected chi connectivity index (χ4v) is 1.25. The van der Waals surface area contributed by atoms with E-state index in [2.05, 4.69) is 25.3 Å². The summed E-state index contributed by atoms with van der Waals surface area (Å²) in [4.78, 5) is 8.13. The average Bonchev–Trinajstić information content (AvgIpc) is 2.89. The fourth-order valence-electron chi connectivity index (χ4n) is 1.25. The highest BCUT2D eigenvalue weighted by Gasteiger charge is 2.17. The van der Waals surface area contributed by atoms with Gasteiger partial charge in [0.1, 0.15) is 6.33 Å². The highest BCUT2D eigenvalue weighted by atomic mass is 16.5. The Bertz CT molecular complexity index is 404. The molecule has 2 heterocycles. The van der Waals surface area contributed by atoms with Gasteiger partial charge < -0.3 is 10.3 Å². The average molecular weight is 208 g/mol. The molecule has 0 aliphatic rings. The lowest BCUT2D eigenvalue weighted by atomic mass is 10.1. The molecule has 0 radical (unpaired) electrons. The van der Waals surface area contributed by atoms with Crippen LogP contribution in [-0.4, -0.2) is 31.9 Å². The molecular formula is C8H12N6O. The van der Waals surface area contributed by atoms with E-state index < -0.39 is 0 Å². The Kier molecular flexibility index (Phi) is 2.72. The van der Waals surface area contributed by atoms with Crippen molar-refractivity contribution < 1.29 is 4.52 Å². The molecule has 0 fully saturated rings. The minimum Gasteiger partial charge on any atom is -0.339 e. The standard InChI is InChI=1S/C8H12N6O/c1-2-5(3-9)8-12-7(14-15-8)6-10-4-11-13-6/h4-5H,2-3,9H2,1H3,(H,10,11,13). The predicted octanol–water partition coefficient (Wildman–Crippen LogP) is 0.307. The lowest BCUT2D eigenvalue weighted by Gasteiger charge is -2.03. The van der Waals surface area contributed by atoms with Crippen LogP contribution < -0.4 is 5.73 Å². The Balaban J connectivity index is 2.24. The van der Waals surface area contributed by atoms with Crippen LogP contribution in [0.5, 0.6) is 0 Å². The fraction of sp³-hybridized carbons (Fsp3) is 0.500. The zero-order valence-corrected chi connectivity index (χ0v) is 8.34. The summed E-state index contributed by atoms with van der Waals surface area (Å²) in [5, 5.41) is 10.2. The van der Waals surface area contributed by atoms with E-state index >= 15 is 0 Å². The monoisotopic (exact) mass is 208 g/mol. The molecule has 2 rings (SSSR count). The van der Waals surface area contributed by atoms with Gasteiger partial charge in [-0.15, -0.1) is 0 Å². The summed E-state index contributed by atoms with van der Waals surface area (Å²) in [5.74, 6) is 1.56. The van der Waals surface area contributed by atoms with E-state index in [1.54, 1.807) is 0 Å². The molecule has 15 heavy (non-hydrogen) atoms. The summed E-state index contributed by atoms with van der Waals surface area (Å²) in [5.41, 5.74) is 5.58. The number of aromatic amines is 1. The van der Waals surface area contributed by atoms with E-state index in [-0.39, 0.29) is 5.92 Å². The molecule has 0 spiro atoms. The number of hydrogen-bond donors (Lipinski definition) is 2. The molecule has 0 aromatic carbocycles. The summed E-state index contributed by atoms with van der Waals surface area (Å²) in [6.07, 6.45) is 2.26. The van der Waals surface area contributed by atoms with Gasteiger partial charge in [-0.3, -0.25) is 5.10 Å². The third-order valence-electron chi connectivity index (χ3n) is 2.20. The second-order valence-corrected chi connectivity index (χ2v) is 3.13. The van der Waals surface area contributed by atoms with Gasteiger partial charge in [0, 0.05) is 6.54 Å². The second kappa shape index (κ2) is 4.18. The van der Waals surface area contributed by atoms with Crippen molar-refractivity contribution in [3.63, 3.8) is 0 Å². The first-order valence-corrected chi connectivity index (χ1v) is 4.74. The number of nitrogens with zero attached hydrogens (tertiary/aromatic N) is 4. The van der Waals surface area contributed by atoms with Gasteiger partial charge in [0.25, 0.3) is 0 Å². The third kappa shape index (κ3) is 1.86. The van der Waals surface area contributed by atoms with Gasteiger partial charge in [0.05, 0.1) is 5.92 Å². The molecule has 7 nitrogen and oxygen atoms in total. The zero-order chi connectivity index (χ0) is 10.7. The molecule has 0 saturated heterocycles. The van der Waals surface area contributed by atoms with E-state index in [4.69, 9.17) is 10.3 Å². The molecular weight excluding hydrogens is 196 g/mol. The van der Waals surface area contributed by atoms with Gasteiger partial charge in [-0.1, -0.05) is 12.1 Å². The maximum absolute atomic E-state index is 5.58. The van der Waals surface area contributed by atoms with E-state index in [1.807, 2.05) is 6.92 Å². The zero-order valence-electron chi connectivity index (χ0n) is 8.34. The minimum atomic E-state index is 0.106. The van der Waals surface area contributed by atoms with E-state index in [0.29, 0.717) is 24.1 Å². The van der Waals surface area contributed by atoms with Gasteiger partial charge in [-0.25, -0.2) is 4.98 Å². The van der Waals surface area contributed by atoms with Crippen LogP contribution >= 0.6 is 0 Å². The number of rotatable bonds is 4. The number of H-pyrrole nitrogens is 1. The lowest BCUT2D eigenvalue weighted by molar-refractivity contribution is 0.351. The molecule has 1 unspecified atom stereocenters. The van der Waals surface area contributed by atoms with Gasteiger partial charge in [0.15, 0.2) is 5.82 Å². The third-order valence-corrected chi connectivity index (χ3v) is 2.20. The lowest BCUT2D eigenvalue weighted by Crippen LogP contribution is -2.11. The van der Waals surface area contributed by atoms with Crippen molar-refractivity contribution >= 4 is 0 Å². The van der Waals surface area contributed by atoms with Crippen molar-refractivity contribution in [2.75, 3.05) is 6.54 Å².